The molecule has 0 radical (unpaired) electrons. The van der Waals surface area contributed by atoms with E-state index in [9.17, 15) is 4.79 Å². The standard InChI is InChI=1S/C9H18N2O/c1-2-3-5-11-6-4-8(7-11)9(10)12/h8H,2-7H2,1H3,(H2,10,12). The van der Waals surface area contributed by atoms with Crippen LogP contribution in [0.3, 0.4) is 0 Å². The van der Waals surface area contributed by atoms with Crippen LogP contribution >= 0.6 is 0 Å². The van der Waals surface area contributed by atoms with E-state index in [2.05, 4.69) is 11.8 Å². The molecule has 0 spiro atoms. The van der Waals surface area contributed by atoms with Crippen molar-refractivity contribution in [3.8, 4) is 0 Å². The van der Waals surface area contributed by atoms with Gasteiger partial charge in [-0.15, -0.1) is 0 Å². The molecule has 0 aromatic rings. The van der Waals surface area contributed by atoms with Gasteiger partial charge in [-0.2, -0.15) is 0 Å². The first-order chi connectivity index (χ1) is 5.74. The first-order valence-electron chi connectivity index (χ1n) is 4.75. The lowest BCUT2D eigenvalue weighted by molar-refractivity contribution is -0.121. The molecule has 1 saturated heterocycles. The predicted molar refractivity (Wildman–Crippen MR) is 48.6 cm³/mol. The van der Waals surface area contributed by atoms with E-state index in [1.54, 1.807) is 0 Å². The summed E-state index contributed by atoms with van der Waals surface area (Å²) < 4.78 is 0. The highest BCUT2D eigenvalue weighted by atomic mass is 16.1. The Morgan fingerprint density at radius 3 is 2.92 bits per heavy atom. The number of nitrogens with two attached hydrogens (primary N) is 1. The molecular formula is C9H18N2O. The molecule has 2 N–H and O–H groups in total. The molecule has 1 fully saturated rings. The van der Waals surface area contributed by atoms with Gasteiger partial charge in [-0.1, -0.05) is 13.3 Å². The van der Waals surface area contributed by atoms with Gasteiger partial charge in [-0.05, 0) is 25.9 Å². The van der Waals surface area contributed by atoms with Crippen molar-refractivity contribution in [3.05, 3.63) is 0 Å². The van der Waals surface area contributed by atoms with E-state index in [1.807, 2.05) is 0 Å². The third kappa shape index (κ3) is 2.48. The van der Waals surface area contributed by atoms with Crippen LogP contribution in [0.25, 0.3) is 0 Å². The Morgan fingerprint density at radius 1 is 1.67 bits per heavy atom. The van der Waals surface area contributed by atoms with Crippen LogP contribution in [0.2, 0.25) is 0 Å². The molecule has 1 aliphatic rings. The molecule has 1 unspecified atom stereocenters. The highest BCUT2D eigenvalue weighted by molar-refractivity contribution is 5.77. The number of carbonyl (C=O) groups is 1. The lowest BCUT2D eigenvalue weighted by Crippen LogP contribution is -2.27. The topological polar surface area (TPSA) is 46.3 Å². The summed E-state index contributed by atoms with van der Waals surface area (Å²) >= 11 is 0. The SMILES string of the molecule is CCCCN1CCC(C(N)=O)C1. The fourth-order valence-corrected chi connectivity index (χ4v) is 1.65. The van der Waals surface area contributed by atoms with E-state index in [0.717, 1.165) is 26.1 Å². The second-order valence-corrected chi connectivity index (χ2v) is 3.54. The van der Waals surface area contributed by atoms with Crippen LogP contribution in [0.5, 0.6) is 0 Å². The maximum Gasteiger partial charge on any atom is 0.221 e. The summed E-state index contributed by atoms with van der Waals surface area (Å²) in [6.45, 7) is 5.24. The molecular weight excluding hydrogens is 152 g/mol. The Hall–Kier alpha value is -0.570. The van der Waals surface area contributed by atoms with E-state index >= 15 is 0 Å². The molecule has 3 nitrogen and oxygen atoms in total. The lowest BCUT2D eigenvalue weighted by Gasteiger charge is -2.13. The number of nitrogens with zero attached hydrogens (tertiary/aromatic N) is 1. The van der Waals surface area contributed by atoms with Crippen molar-refractivity contribution in [2.75, 3.05) is 19.6 Å². The summed E-state index contributed by atoms with van der Waals surface area (Å²) in [4.78, 5) is 13.1. The van der Waals surface area contributed by atoms with Gasteiger partial charge in [0.2, 0.25) is 5.91 Å². The van der Waals surface area contributed by atoms with E-state index in [4.69, 9.17) is 5.73 Å². The summed E-state index contributed by atoms with van der Waals surface area (Å²) in [5.74, 6) is -0.0177. The average molecular weight is 170 g/mol. The normalized spacial score (nSPS) is 24.6. The molecule has 3 heteroatoms. The lowest BCUT2D eigenvalue weighted by atomic mass is 10.1. The minimum absolute atomic E-state index is 0.113. The Balaban J connectivity index is 2.21. The molecule has 1 rings (SSSR count). The smallest absolute Gasteiger partial charge is 0.221 e. The van der Waals surface area contributed by atoms with Gasteiger partial charge < -0.3 is 10.6 Å². The quantitative estimate of drug-likeness (QED) is 0.671. The van der Waals surface area contributed by atoms with Gasteiger partial charge in [0.05, 0.1) is 5.92 Å². The molecule has 0 aromatic carbocycles. The third-order valence-electron chi connectivity index (χ3n) is 2.50. The number of primary amides is 1. The zero-order chi connectivity index (χ0) is 8.97. The van der Waals surface area contributed by atoms with Gasteiger partial charge in [0.15, 0.2) is 0 Å². The number of hydrogen-bond donors (Lipinski definition) is 1. The number of hydrogen-bond acceptors (Lipinski definition) is 2. The highest BCUT2D eigenvalue weighted by Gasteiger charge is 2.25. The molecule has 1 heterocycles. The van der Waals surface area contributed by atoms with Crippen molar-refractivity contribution in [2.24, 2.45) is 11.7 Å². The summed E-state index contributed by atoms with van der Waals surface area (Å²) in [6, 6.07) is 0. The van der Waals surface area contributed by atoms with Crippen molar-refractivity contribution >= 4 is 5.91 Å². The van der Waals surface area contributed by atoms with E-state index < -0.39 is 0 Å². The molecule has 0 saturated carbocycles. The maximum absolute atomic E-state index is 10.8. The molecule has 70 valence electrons. The number of amides is 1. The second kappa shape index (κ2) is 4.45. The Kier molecular flexibility index (Phi) is 3.53. The van der Waals surface area contributed by atoms with Crippen LogP contribution in [-0.2, 0) is 4.79 Å². The van der Waals surface area contributed by atoms with Gasteiger partial charge in [0, 0.05) is 6.54 Å². The molecule has 1 amide bonds. The largest absolute Gasteiger partial charge is 0.369 e. The van der Waals surface area contributed by atoms with Gasteiger partial charge in [-0.25, -0.2) is 0 Å². The fourth-order valence-electron chi connectivity index (χ4n) is 1.65. The molecule has 0 aromatic heterocycles. The van der Waals surface area contributed by atoms with Crippen LogP contribution < -0.4 is 5.73 Å². The van der Waals surface area contributed by atoms with Crippen molar-refractivity contribution in [1.82, 2.24) is 4.90 Å². The zero-order valence-corrected chi connectivity index (χ0v) is 7.75. The Morgan fingerprint density at radius 2 is 2.42 bits per heavy atom. The molecule has 0 bridgehead atoms. The summed E-state index contributed by atoms with van der Waals surface area (Å²) in [6.07, 6.45) is 3.41. The van der Waals surface area contributed by atoms with Gasteiger partial charge in [-0.3, -0.25) is 4.79 Å². The third-order valence-corrected chi connectivity index (χ3v) is 2.50. The minimum atomic E-state index is -0.131. The van der Waals surface area contributed by atoms with E-state index in [0.29, 0.717) is 0 Å². The average Bonchev–Trinajstić information content (AvgIpc) is 2.48. The van der Waals surface area contributed by atoms with Crippen LogP contribution in [-0.4, -0.2) is 30.4 Å². The van der Waals surface area contributed by atoms with Crippen LogP contribution in [0, 0.1) is 5.92 Å². The second-order valence-electron chi connectivity index (χ2n) is 3.54. The number of unbranched alkanes of at least 4 members (excludes halogenated alkanes) is 1. The predicted octanol–water partition coefficient (Wildman–Crippen LogP) is 0.594. The highest BCUT2D eigenvalue weighted by Crippen LogP contribution is 2.15. The minimum Gasteiger partial charge on any atom is -0.369 e. The van der Waals surface area contributed by atoms with Crippen LogP contribution in [0.15, 0.2) is 0 Å². The zero-order valence-electron chi connectivity index (χ0n) is 7.75. The van der Waals surface area contributed by atoms with Gasteiger partial charge >= 0.3 is 0 Å². The van der Waals surface area contributed by atoms with Gasteiger partial charge in [0.1, 0.15) is 0 Å². The maximum atomic E-state index is 10.8. The first kappa shape index (κ1) is 9.52. The summed E-state index contributed by atoms with van der Waals surface area (Å²) in [5, 5.41) is 0. The Labute approximate surface area is 73.9 Å². The van der Waals surface area contributed by atoms with Crippen molar-refractivity contribution < 1.29 is 4.79 Å². The number of carbonyl (C=O) groups excluding carboxylic acids is 1. The van der Waals surface area contributed by atoms with Gasteiger partial charge in [0.25, 0.3) is 0 Å². The summed E-state index contributed by atoms with van der Waals surface area (Å²) in [7, 11) is 0. The molecule has 1 aliphatic heterocycles. The number of likely N-dealkylation sites (tertiary alicyclic amines) is 1. The monoisotopic (exact) mass is 170 g/mol. The van der Waals surface area contributed by atoms with E-state index in [-0.39, 0.29) is 11.8 Å². The molecule has 12 heavy (non-hydrogen) atoms. The van der Waals surface area contributed by atoms with Crippen LogP contribution in [0.1, 0.15) is 26.2 Å². The van der Waals surface area contributed by atoms with Crippen molar-refractivity contribution in [3.63, 3.8) is 0 Å². The molecule has 0 aliphatic carbocycles. The van der Waals surface area contributed by atoms with Crippen molar-refractivity contribution in [1.29, 1.82) is 0 Å². The first-order valence-corrected chi connectivity index (χ1v) is 4.75. The number of rotatable bonds is 4. The molecule has 1 atom stereocenters. The Bertz CT molecular complexity index is 159. The summed E-state index contributed by atoms with van der Waals surface area (Å²) in [5.41, 5.74) is 5.22. The van der Waals surface area contributed by atoms with Crippen LogP contribution in [0.4, 0.5) is 0 Å². The van der Waals surface area contributed by atoms with Crippen molar-refractivity contribution in [2.45, 2.75) is 26.2 Å². The van der Waals surface area contributed by atoms with E-state index in [1.165, 1.54) is 12.8 Å². The fraction of sp³-hybridized carbons (Fsp3) is 0.889.